The lowest BCUT2D eigenvalue weighted by molar-refractivity contribution is 0.302. The van der Waals surface area contributed by atoms with Gasteiger partial charge in [-0.05, 0) is 31.8 Å². The molecular formula is C18H14N6O2. The summed E-state index contributed by atoms with van der Waals surface area (Å²) in [6.45, 7) is 1.12. The van der Waals surface area contributed by atoms with Gasteiger partial charge in [0, 0.05) is 0 Å². The average Bonchev–Trinajstić information content (AvgIpc) is 3.36. The van der Waals surface area contributed by atoms with Crippen LogP contribution in [0.15, 0.2) is 69.9 Å². The first-order chi connectivity index (χ1) is 12.9. The Bertz CT molecular complexity index is 894. The molecule has 4 aromatic rings. The number of rotatable bonds is 4. The summed E-state index contributed by atoms with van der Waals surface area (Å²) in [7, 11) is 0. The summed E-state index contributed by atoms with van der Waals surface area (Å²) in [5.41, 5.74) is 2.21. The molecule has 1 aliphatic heterocycles. The smallest absolute Gasteiger partial charge is 0.224 e. The topological polar surface area (TPSA) is 84.3 Å². The van der Waals surface area contributed by atoms with Gasteiger partial charge in [0.1, 0.15) is 0 Å². The quantitative estimate of drug-likeness (QED) is 0.555. The van der Waals surface area contributed by atoms with Gasteiger partial charge in [0.15, 0.2) is 0 Å². The molecule has 2 aromatic carbocycles. The van der Waals surface area contributed by atoms with Crippen LogP contribution in [0, 0.1) is 0 Å². The normalized spacial score (nSPS) is 12.8. The number of benzene rings is 2. The van der Waals surface area contributed by atoms with Crippen LogP contribution in [0.3, 0.4) is 0 Å². The summed E-state index contributed by atoms with van der Waals surface area (Å²) >= 11 is 0. The summed E-state index contributed by atoms with van der Waals surface area (Å²) in [5.74, 6) is 2.36. The van der Waals surface area contributed by atoms with E-state index in [2.05, 4.69) is 20.6 Å². The number of fused-ring (bicyclic) bond motifs is 2. The molecule has 0 aliphatic carbocycles. The Balaban J connectivity index is 1.55. The molecule has 2 aromatic heterocycles. The van der Waals surface area contributed by atoms with Crippen LogP contribution in [-0.4, -0.2) is 20.6 Å². The molecule has 1 aliphatic rings. The van der Waals surface area contributed by atoms with E-state index in [1.165, 1.54) is 0 Å². The van der Waals surface area contributed by atoms with Crippen LogP contribution in [0.5, 0.6) is 0 Å². The molecule has 8 heteroatoms. The van der Waals surface area contributed by atoms with Gasteiger partial charge in [-0.3, -0.25) is 9.80 Å². The number of aromatic nitrogens is 4. The molecule has 3 heterocycles. The van der Waals surface area contributed by atoms with E-state index in [1.807, 2.05) is 70.5 Å². The zero-order valence-electron chi connectivity index (χ0n) is 13.7. The lowest BCUT2D eigenvalue weighted by Gasteiger charge is -2.30. The molecule has 0 saturated carbocycles. The molecule has 26 heavy (non-hydrogen) atoms. The zero-order valence-corrected chi connectivity index (χ0v) is 13.7. The van der Waals surface area contributed by atoms with E-state index in [9.17, 15) is 0 Å². The Morgan fingerprint density at radius 1 is 0.538 bits per heavy atom. The van der Waals surface area contributed by atoms with Gasteiger partial charge in [-0.2, -0.15) is 0 Å². The van der Waals surface area contributed by atoms with Crippen LogP contribution in [0.25, 0.3) is 0 Å². The summed E-state index contributed by atoms with van der Waals surface area (Å²) in [6, 6.07) is 20.1. The fourth-order valence-corrected chi connectivity index (χ4v) is 3.07. The Hall–Kier alpha value is -3.68. The van der Waals surface area contributed by atoms with Crippen LogP contribution in [0.2, 0.25) is 0 Å². The van der Waals surface area contributed by atoms with Gasteiger partial charge in [0.05, 0.1) is 13.1 Å². The predicted molar refractivity (Wildman–Crippen MR) is 93.2 cm³/mol. The van der Waals surface area contributed by atoms with Gasteiger partial charge in [-0.1, -0.05) is 60.7 Å². The molecule has 0 amide bonds. The fraction of sp³-hybridized carbons (Fsp3) is 0.111. The van der Waals surface area contributed by atoms with Crippen LogP contribution < -0.4 is 9.80 Å². The number of hydrogen-bond donors (Lipinski definition) is 0. The highest BCUT2D eigenvalue weighted by Crippen LogP contribution is 2.45. The third kappa shape index (κ3) is 2.39. The van der Waals surface area contributed by atoms with E-state index in [1.54, 1.807) is 0 Å². The maximum Gasteiger partial charge on any atom is 0.224 e. The molecule has 5 rings (SSSR count). The minimum atomic E-state index is 0.558. The highest BCUT2D eigenvalue weighted by molar-refractivity contribution is 5.84. The maximum absolute atomic E-state index is 5.03. The minimum Gasteiger partial charge on any atom is -0.294 e. The van der Waals surface area contributed by atoms with E-state index in [-0.39, 0.29) is 0 Å². The highest BCUT2D eigenvalue weighted by atomic mass is 16.6. The SMILES string of the molecule is c1ccc(CN2c3nonc3N(Cc3ccccc3)c3nonc32)cc1. The molecule has 0 unspecified atom stereocenters. The van der Waals surface area contributed by atoms with Crippen molar-refractivity contribution in [1.82, 2.24) is 20.6 Å². The van der Waals surface area contributed by atoms with E-state index in [0.717, 1.165) is 11.1 Å². The Labute approximate surface area is 148 Å². The van der Waals surface area contributed by atoms with Gasteiger partial charge in [0.2, 0.25) is 23.3 Å². The fourth-order valence-electron chi connectivity index (χ4n) is 3.07. The van der Waals surface area contributed by atoms with Crippen LogP contribution in [0.1, 0.15) is 11.1 Å². The van der Waals surface area contributed by atoms with Crippen molar-refractivity contribution >= 4 is 23.3 Å². The maximum atomic E-state index is 5.03. The summed E-state index contributed by atoms with van der Waals surface area (Å²) < 4.78 is 10.1. The van der Waals surface area contributed by atoms with E-state index < -0.39 is 0 Å². The lowest BCUT2D eigenvalue weighted by atomic mass is 10.2. The van der Waals surface area contributed by atoms with E-state index >= 15 is 0 Å². The minimum absolute atomic E-state index is 0.558. The van der Waals surface area contributed by atoms with Crippen LogP contribution >= 0.6 is 0 Å². The first-order valence-electron chi connectivity index (χ1n) is 8.18. The average molecular weight is 346 g/mol. The first kappa shape index (κ1) is 14.6. The second-order valence-corrected chi connectivity index (χ2v) is 5.97. The van der Waals surface area contributed by atoms with Gasteiger partial charge in [0.25, 0.3) is 0 Å². The third-order valence-electron chi connectivity index (χ3n) is 4.30. The molecule has 0 N–H and O–H groups in total. The largest absolute Gasteiger partial charge is 0.294 e. The van der Waals surface area contributed by atoms with Crippen molar-refractivity contribution in [2.45, 2.75) is 13.1 Å². The third-order valence-corrected chi connectivity index (χ3v) is 4.30. The second-order valence-electron chi connectivity index (χ2n) is 5.97. The molecule has 0 spiro atoms. The Morgan fingerprint density at radius 2 is 0.885 bits per heavy atom. The Morgan fingerprint density at radius 3 is 1.23 bits per heavy atom. The molecule has 0 atom stereocenters. The second kappa shape index (κ2) is 5.99. The zero-order chi connectivity index (χ0) is 17.3. The monoisotopic (exact) mass is 346 g/mol. The number of nitrogens with zero attached hydrogens (tertiary/aromatic N) is 6. The van der Waals surface area contributed by atoms with Gasteiger partial charge < -0.3 is 0 Å². The van der Waals surface area contributed by atoms with Crippen molar-refractivity contribution in [3.63, 3.8) is 0 Å². The molecule has 0 fully saturated rings. The molecule has 0 radical (unpaired) electrons. The standard InChI is InChI=1S/C18H14N6O2/c1-3-7-13(8-4-1)11-23-15-17(21-25-19-15)24(18-16(23)20-26-22-18)12-14-9-5-2-6-10-14/h1-10H,11-12H2. The van der Waals surface area contributed by atoms with Gasteiger partial charge in [-0.15, -0.1) is 0 Å². The first-order valence-corrected chi connectivity index (χ1v) is 8.18. The van der Waals surface area contributed by atoms with Gasteiger partial charge in [-0.25, -0.2) is 9.26 Å². The molecule has 128 valence electrons. The Kier molecular flexibility index (Phi) is 3.38. The highest BCUT2D eigenvalue weighted by Gasteiger charge is 2.37. The predicted octanol–water partition coefficient (Wildman–Crippen LogP) is 3.44. The summed E-state index contributed by atoms with van der Waals surface area (Å²) in [6.07, 6.45) is 0. The number of anilines is 4. The lowest BCUT2D eigenvalue weighted by Crippen LogP contribution is -2.29. The molecule has 8 nitrogen and oxygen atoms in total. The number of hydrogen-bond acceptors (Lipinski definition) is 8. The summed E-state index contributed by atoms with van der Waals surface area (Å²) in [5, 5.41) is 16.4. The van der Waals surface area contributed by atoms with Crippen molar-refractivity contribution in [3.05, 3.63) is 71.8 Å². The van der Waals surface area contributed by atoms with E-state index in [0.29, 0.717) is 36.4 Å². The molecule has 0 saturated heterocycles. The van der Waals surface area contributed by atoms with Crippen LogP contribution in [-0.2, 0) is 13.1 Å². The van der Waals surface area contributed by atoms with Crippen molar-refractivity contribution in [2.75, 3.05) is 9.80 Å². The van der Waals surface area contributed by atoms with Gasteiger partial charge >= 0.3 is 0 Å². The van der Waals surface area contributed by atoms with Crippen molar-refractivity contribution < 1.29 is 9.26 Å². The van der Waals surface area contributed by atoms with E-state index in [4.69, 9.17) is 9.26 Å². The van der Waals surface area contributed by atoms with Crippen LogP contribution in [0.4, 0.5) is 23.3 Å². The summed E-state index contributed by atoms with van der Waals surface area (Å²) in [4.78, 5) is 3.79. The van der Waals surface area contributed by atoms with Crippen molar-refractivity contribution in [2.24, 2.45) is 0 Å². The van der Waals surface area contributed by atoms with Crippen molar-refractivity contribution in [1.29, 1.82) is 0 Å². The molecule has 0 bridgehead atoms. The molecular weight excluding hydrogens is 332 g/mol. The van der Waals surface area contributed by atoms with Crippen molar-refractivity contribution in [3.8, 4) is 0 Å².